The van der Waals surface area contributed by atoms with Gasteiger partial charge >= 0.3 is 5.97 Å². The van der Waals surface area contributed by atoms with Gasteiger partial charge in [0.05, 0.1) is 23.7 Å². The van der Waals surface area contributed by atoms with Gasteiger partial charge in [-0.15, -0.1) is 0 Å². The van der Waals surface area contributed by atoms with Crippen LogP contribution in [0.1, 0.15) is 30.8 Å². The van der Waals surface area contributed by atoms with Crippen molar-refractivity contribution in [3.05, 3.63) is 40.2 Å². The molecule has 2 aromatic rings. The maximum absolute atomic E-state index is 12.5. The van der Waals surface area contributed by atoms with Crippen LogP contribution in [0, 0.1) is 20.8 Å². The van der Waals surface area contributed by atoms with E-state index in [-0.39, 0.29) is 18.4 Å². The van der Waals surface area contributed by atoms with Crippen LogP contribution in [0.4, 0.5) is 5.69 Å². The number of nitrogens with zero attached hydrogens (tertiary/aromatic N) is 2. The van der Waals surface area contributed by atoms with Crippen molar-refractivity contribution in [3.8, 4) is 5.75 Å². The summed E-state index contributed by atoms with van der Waals surface area (Å²) in [6.07, 6.45) is -0.725. The minimum absolute atomic E-state index is 0.00753. The van der Waals surface area contributed by atoms with Gasteiger partial charge in [0.1, 0.15) is 12.3 Å². The quantitative estimate of drug-likeness (QED) is 0.728. The molecule has 0 spiro atoms. The molecule has 0 aliphatic heterocycles. The standard InChI is InChI=1S/C19H24ClN3O4/c1-6-26-17(24)10-23-13(4)18(12(3)22-23)21-19(25)14(5)27-16-8-7-15(20)9-11(16)2/h7-9,14H,6,10H2,1-5H3,(H,21,25)/t14-/m1/s1. The number of aryl methyl sites for hydroxylation is 2. The number of rotatable bonds is 7. The molecule has 1 amide bonds. The molecule has 2 rings (SSSR count). The zero-order valence-electron chi connectivity index (χ0n) is 16.1. The summed E-state index contributed by atoms with van der Waals surface area (Å²) in [6.45, 7) is 9.11. The normalized spacial score (nSPS) is 11.8. The molecule has 1 atom stereocenters. The van der Waals surface area contributed by atoms with Crippen molar-refractivity contribution in [2.75, 3.05) is 11.9 Å². The lowest BCUT2D eigenvalue weighted by atomic mass is 10.2. The summed E-state index contributed by atoms with van der Waals surface area (Å²) in [5.74, 6) is -0.101. The second-order valence-electron chi connectivity index (χ2n) is 6.17. The molecular weight excluding hydrogens is 370 g/mol. The van der Waals surface area contributed by atoms with Crippen LogP contribution < -0.4 is 10.1 Å². The van der Waals surface area contributed by atoms with Crippen molar-refractivity contribution in [1.29, 1.82) is 0 Å². The molecule has 0 aliphatic carbocycles. The molecule has 0 fully saturated rings. The average molecular weight is 394 g/mol. The van der Waals surface area contributed by atoms with Crippen LogP contribution in [0.2, 0.25) is 5.02 Å². The van der Waals surface area contributed by atoms with Crippen LogP contribution in [-0.2, 0) is 20.9 Å². The Labute approximate surface area is 163 Å². The second kappa shape index (κ2) is 8.90. The molecule has 0 bridgehead atoms. The summed E-state index contributed by atoms with van der Waals surface area (Å²) in [5.41, 5.74) is 2.69. The highest BCUT2D eigenvalue weighted by molar-refractivity contribution is 6.30. The van der Waals surface area contributed by atoms with Gasteiger partial charge in [0, 0.05) is 5.02 Å². The monoisotopic (exact) mass is 393 g/mol. The van der Waals surface area contributed by atoms with E-state index in [2.05, 4.69) is 10.4 Å². The molecule has 8 heteroatoms. The second-order valence-corrected chi connectivity index (χ2v) is 6.60. The summed E-state index contributed by atoms with van der Waals surface area (Å²) in [4.78, 5) is 24.2. The number of carbonyl (C=O) groups is 2. The zero-order valence-corrected chi connectivity index (χ0v) is 16.9. The van der Waals surface area contributed by atoms with Crippen LogP contribution in [0.15, 0.2) is 18.2 Å². The molecule has 0 aliphatic rings. The molecule has 1 heterocycles. The lowest BCUT2D eigenvalue weighted by Gasteiger charge is -2.16. The minimum atomic E-state index is -0.725. The highest BCUT2D eigenvalue weighted by Gasteiger charge is 2.21. The van der Waals surface area contributed by atoms with Crippen molar-refractivity contribution in [3.63, 3.8) is 0 Å². The van der Waals surface area contributed by atoms with Crippen molar-refractivity contribution in [1.82, 2.24) is 9.78 Å². The fourth-order valence-electron chi connectivity index (χ4n) is 2.57. The van der Waals surface area contributed by atoms with Gasteiger partial charge in [-0.05, 0) is 58.4 Å². The molecule has 1 aromatic heterocycles. The van der Waals surface area contributed by atoms with Gasteiger partial charge in [0.15, 0.2) is 6.10 Å². The Morgan fingerprint density at radius 1 is 1.30 bits per heavy atom. The average Bonchev–Trinajstić information content (AvgIpc) is 2.84. The molecule has 146 valence electrons. The Morgan fingerprint density at radius 3 is 2.63 bits per heavy atom. The molecule has 1 aromatic carbocycles. The molecule has 0 radical (unpaired) electrons. The predicted molar refractivity (Wildman–Crippen MR) is 103 cm³/mol. The largest absolute Gasteiger partial charge is 0.481 e. The Morgan fingerprint density at radius 2 is 2.00 bits per heavy atom. The summed E-state index contributed by atoms with van der Waals surface area (Å²) in [6, 6.07) is 5.22. The van der Waals surface area contributed by atoms with Gasteiger partial charge in [0.25, 0.3) is 5.91 Å². The van der Waals surface area contributed by atoms with Gasteiger partial charge in [-0.25, -0.2) is 0 Å². The Hall–Kier alpha value is -2.54. The number of anilines is 1. The number of nitrogens with one attached hydrogen (secondary N) is 1. The van der Waals surface area contributed by atoms with E-state index in [0.717, 1.165) is 5.56 Å². The molecule has 1 N–H and O–H groups in total. The fraction of sp³-hybridized carbons (Fsp3) is 0.421. The molecule has 27 heavy (non-hydrogen) atoms. The van der Waals surface area contributed by atoms with Crippen LogP contribution in [0.5, 0.6) is 5.75 Å². The SMILES string of the molecule is CCOC(=O)Cn1nc(C)c(NC(=O)[C@@H](C)Oc2ccc(Cl)cc2C)c1C. The summed E-state index contributed by atoms with van der Waals surface area (Å²) < 4.78 is 12.2. The number of aromatic nitrogens is 2. The molecule has 7 nitrogen and oxygen atoms in total. The number of ether oxygens (including phenoxy) is 2. The number of hydrogen-bond donors (Lipinski definition) is 1. The van der Waals surface area contributed by atoms with Crippen molar-refractivity contribution in [2.45, 2.75) is 47.3 Å². The van der Waals surface area contributed by atoms with E-state index in [1.165, 1.54) is 4.68 Å². The van der Waals surface area contributed by atoms with Crippen LogP contribution in [-0.4, -0.2) is 34.4 Å². The highest BCUT2D eigenvalue weighted by atomic mass is 35.5. The van der Waals surface area contributed by atoms with E-state index in [4.69, 9.17) is 21.1 Å². The lowest BCUT2D eigenvalue weighted by Crippen LogP contribution is -2.30. The van der Waals surface area contributed by atoms with E-state index in [1.54, 1.807) is 45.9 Å². The Bertz CT molecular complexity index is 848. The van der Waals surface area contributed by atoms with E-state index in [1.807, 2.05) is 6.92 Å². The molecular formula is C19H24ClN3O4. The van der Waals surface area contributed by atoms with Crippen LogP contribution in [0.25, 0.3) is 0 Å². The first-order valence-electron chi connectivity index (χ1n) is 8.66. The molecule has 0 saturated heterocycles. The van der Waals surface area contributed by atoms with E-state index in [9.17, 15) is 9.59 Å². The summed E-state index contributed by atoms with van der Waals surface area (Å²) >= 11 is 5.94. The number of benzene rings is 1. The minimum Gasteiger partial charge on any atom is -0.481 e. The fourth-order valence-corrected chi connectivity index (χ4v) is 2.80. The third kappa shape index (κ3) is 5.23. The van der Waals surface area contributed by atoms with E-state index < -0.39 is 6.10 Å². The first kappa shape index (κ1) is 20.8. The van der Waals surface area contributed by atoms with Crippen LogP contribution in [0.3, 0.4) is 0 Å². The Balaban J connectivity index is 2.08. The van der Waals surface area contributed by atoms with Gasteiger partial charge in [-0.1, -0.05) is 11.6 Å². The summed E-state index contributed by atoms with van der Waals surface area (Å²) in [7, 11) is 0. The number of esters is 1. The third-order valence-corrected chi connectivity index (χ3v) is 4.26. The highest BCUT2D eigenvalue weighted by Crippen LogP contribution is 2.24. The smallest absolute Gasteiger partial charge is 0.327 e. The van der Waals surface area contributed by atoms with Gasteiger partial charge in [0.2, 0.25) is 0 Å². The van der Waals surface area contributed by atoms with Crippen molar-refractivity contribution in [2.24, 2.45) is 0 Å². The number of amides is 1. The predicted octanol–water partition coefficient (Wildman–Crippen LogP) is 3.43. The van der Waals surface area contributed by atoms with Gasteiger partial charge in [-0.2, -0.15) is 5.10 Å². The van der Waals surface area contributed by atoms with Gasteiger partial charge < -0.3 is 14.8 Å². The number of hydrogen-bond acceptors (Lipinski definition) is 5. The molecule has 0 unspecified atom stereocenters. The van der Waals surface area contributed by atoms with E-state index >= 15 is 0 Å². The van der Waals surface area contributed by atoms with Crippen molar-refractivity contribution < 1.29 is 19.1 Å². The van der Waals surface area contributed by atoms with Crippen molar-refractivity contribution >= 4 is 29.2 Å². The maximum Gasteiger partial charge on any atom is 0.327 e. The topological polar surface area (TPSA) is 82.5 Å². The molecule has 0 saturated carbocycles. The number of halogens is 1. The first-order valence-corrected chi connectivity index (χ1v) is 9.04. The number of carbonyl (C=O) groups excluding carboxylic acids is 2. The Kier molecular flexibility index (Phi) is 6.85. The zero-order chi connectivity index (χ0) is 20.1. The summed E-state index contributed by atoms with van der Waals surface area (Å²) in [5, 5.41) is 7.74. The first-order chi connectivity index (χ1) is 12.7. The van der Waals surface area contributed by atoms with E-state index in [0.29, 0.717) is 34.5 Å². The van der Waals surface area contributed by atoms with Gasteiger partial charge in [-0.3, -0.25) is 14.3 Å². The third-order valence-electron chi connectivity index (χ3n) is 4.02. The van der Waals surface area contributed by atoms with Crippen LogP contribution >= 0.6 is 11.6 Å². The lowest BCUT2D eigenvalue weighted by molar-refractivity contribution is -0.144. The maximum atomic E-state index is 12.5.